The van der Waals surface area contributed by atoms with Crippen molar-refractivity contribution in [3.05, 3.63) is 70.7 Å². The molecule has 0 aliphatic heterocycles. The summed E-state index contributed by atoms with van der Waals surface area (Å²) in [5.74, 6) is 2.66. The average molecular weight is 433 g/mol. The lowest BCUT2D eigenvalue weighted by Gasteiger charge is -2.50. The summed E-state index contributed by atoms with van der Waals surface area (Å²) >= 11 is 3.71. The summed E-state index contributed by atoms with van der Waals surface area (Å²) in [5, 5.41) is 2.60. The maximum absolute atomic E-state index is 3.71. The lowest BCUT2D eigenvalue weighted by molar-refractivity contribution is 0.0780. The van der Waals surface area contributed by atoms with E-state index in [1.807, 2.05) is 0 Å². The van der Waals surface area contributed by atoms with Crippen molar-refractivity contribution in [1.29, 1.82) is 0 Å². The first-order chi connectivity index (χ1) is 13.5. The summed E-state index contributed by atoms with van der Waals surface area (Å²) in [5.41, 5.74) is 4.66. The second kappa shape index (κ2) is 7.02. The smallest absolute Gasteiger partial charge is 0.0254 e. The van der Waals surface area contributed by atoms with E-state index < -0.39 is 0 Å². The number of benzene rings is 3. The van der Waals surface area contributed by atoms with E-state index in [1.165, 1.54) is 58.5 Å². The van der Waals surface area contributed by atoms with Crippen LogP contribution in [0.1, 0.15) is 51.5 Å². The number of halogens is 1. The summed E-state index contributed by atoms with van der Waals surface area (Å²) in [7, 11) is 0. The van der Waals surface area contributed by atoms with Crippen molar-refractivity contribution in [1.82, 2.24) is 0 Å². The molecular weight excluding hydrogens is 404 g/mol. The zero-order valence-corrected chi connectivity index (χ0v) is 18.5. The fourth-order valence-corrected chi connectivity index (χ4v) is 7.05. The Kier molecular flexibility index (Phi) is 4.62. The molecule has 2 unspecified atom stereocenters. The summed E-state index contributed by atoms with van der Waals surface area (Å²) in [6.07, 6.45) is 7.02. The molecule has 0 N–H and O–H groups in total. The van der Waals surface area contributed by atoms with Gasteiger partial charge < -0.3 is 0 Å². The predicted molar refractivity (Wildman–Crippen MR) is 124 cm³/mol. The first-order valence-electron chi connectivity index (χ1n) is 10.8. The van der Waals surface area contributed by atoms with Crippen LogP contribution >= 0.6 is 15.9 Å². The van der Waals surface area contributed by atoms with E-state index in [1.54, 1.807) is 5.56 Å². The van der Waals surface area contributed by atoms with Crippen molar-refractivity contribution in [2.75, 3.05) is 0 Å². The fourth-order valence-electron chi connectivity index (χ4n) is 6.58. The normalized spacial score (nSPS) is 29.8. The maximum atomic E-state index is 3.71. The molecule has 0 radical (unpaired) electrons. The highest BCUT2D eigenvalue weighted by atomic mass is 79.9. The van der Waals surface area contributed by atoms with Crippen molar-refractivity contribution in [3.8, 4) is 11.1 Å². The molecule has 0 aromatic heterocycles. The number of hydrogen-bond donors (Lipinski definition) is 0. The molecule has 3 aromatic carbocycles. The van der Waals surface area contributed by atoms with Gasteiger partial charge in [-0.25, -0.2) is 0 Å². The van der Waals surface area contributed by atoms with Crippen LogP contribution in [-0.4, -0.2) is 0 Å². The van der Waals surface area contributed by atoms with Gasteiger partial charge in [0.2, 0.25) is 0 Å². The van der Waals surface area contributed by atoms with Gasteiger partial charge >= 0.3 is 0 Å². The zero-order valence-electron chi connectivity index (χ0n) is 16.9. The van der Waals surface area contributed by atoms with E-state index in [0.29, 0.717) is 5.41 Å². The molecule has 2 bridgehead atoms. The summed E-state index contributed by atoms with van der Waals surface area (Å²) < 4.78 is 1.17. The molecule has 1 heteroatoms. The lowest BCUT2D eigenvalue weighted by atomic mass is 9.54. The SMILES string of the molecule is CC1CC2CC(C)CC(c3ccc(-c4ccc(Br)c5ccccc45)cc3)(C1)C2. The van der Waals surface area contributed by atoms with Gasteiger partial charge in [0.1, 0.15) is 0 Å². The Hall–Kier alpha value is -1.60. The molecule has 0 nitrogen and oxygen atoms in total. The van der Waals surface area contributed by atoms with Gasteiger partial charge in [0, 0.05) is 4.47 Å². The molecular formula is C27H29Br. The Balaban J connectivity index is 1.54. The third-order valence-electron chi connectivity index (χ3n) is 7.31. The van der Waals surface area contributed by atoms with Gasteiger partial charge in [0.15, 0.2) is 0 Å². The van der Waals surface area contributed by atoms with Crippen molar-refractivity contribution < 1.29 is 0 Å². The van der Waals surface area contributed by atoms with Crippen LogP contribution in [0.15, 0.2) is 65.1 Å². The monoisotopic (exact) mass is 432 g/mol. The standard InChI is InChI=1S/C27H29Br/c1-18-13-20-14-19(2)16-27(15-18,17-20)22-9-7-21(8-10-22)23-11-12-26(28)25-6-4-3-5-24(23)25/h3-12,18-20H,13-17H2,1-2H3. The molecule has 144 valence electrons. The highest BCUT2D eigenvalue weighted by Crippen LogP contribution is 2.54. The molecule has 2 aliphatic rings. The van der Waals surface area contributed by atoms with Crippen LogP contribution in [0.25, 0.3) is 21.9 Å². The Morgan fingerprint density at radius 3 is 2.07 bits per heavy atom. The van der Waals surface area contributed by atoms with Crippen LogP contribution in [0.5, 0.6) is 0 Å². The molecule has 3 aromatic rings. The van der Waals surface area contributed by atoms with E-state index in [4.69, 9.17) is 0 Å². The third-order valence-corrected chi connectivity index (χ3v) is 8.00. The molecule has 0 heterocycles. The van der Waals surface area contributed by atoms with Crippen molar-refractivity contribution in [2.45, 2.75) is 51.4 Å². The second-order valence-corrected chi connectivity index (χ2v) is 10.5. The van der Waals surface area contributed by atoms with Crippen molar-refractivity contribution >= 4 is 26.7 Å². The number of hydrogen-bond acceptors (Lipinski definition) is 0. The minimum absolute atomic E-state index is 0.417. The van der Waals surface area contributed by atoms with E-state index in [0.717, 1.165) is 17.8 Å². The van der Waals surface area contributed by atoms with Gasteiger partial charge in [-0.3, -0.25) is 0 Å². The number of rotatable bonds is 2. The Morgan fingerprint density at radius 1 is 0.750 bits per heavy atom. The first kappa shape index (κ1) is 18.4. The van der Waals surface area contributed by atoms with Crippen LogP contribution in [0.3, 0.4) is 0 Å². The Morgan fingerprint density at radius 2 is 1.39 bits per heavy atom. The molecule has 28 heavy (non-hydrogen) atoms. The third kappa shape index (κ3) is 3.12. The highest BCUT2D eigenvalue weighted by Gasteiger charge is 2.45. The fraction of sp³-hybridized carbons (Fsp3) is 0.407. The molecule has 2 atom stereocenters. The summed E-state index contributed by atoms with van der Waals surface area (Å²) in [4.78, 5) is 0. The van der Waals surface area contributed by atoms with Crippen LogP contribution in [-0.2, 0) is 5.41 Å². The molecule has 2 fully saturated rings. The highest BCUT2D eigenvalue weighted by molar-refractivity contribution is 9.10. The van der Waals surface area contributed by atoms with E-state index in [-0.39, 0.29) is 0 Å². The van der Waals surface area contributed by atoms with Gasteiger partial charge in [-0.15, -0.1) is 0 Å². The minimum atomic E-state index is 0.417. The van der Waals surface area contributed by atoms with E-state index in [2.05, 4.69) is 90.4 Å². The Bertz CT molecular complexity index is 981. The number of fused-ring (bicyclic) bond motifs is 3. The van der Waals surface area contributed by atoms with E-state index in [9.17, 15) is 0 Å². The zero-order chi connectivity index (χ0) is 19.3. The molecule has 2 aliphatic carbocycles. The topological polar surface area (TPSA) is 0 Å². The predicted octanol–water partition coefficient (Wildman–Crippen LogP) is 8.37. The molecule has 2 saturated carbocycles. The molecule has 0 spiro atoms. The van der Waals surface area contributed by atoms with Gasteiger partial charge in [0.25, 0.3) is 0 Å². The first-order valence-corrected chi connectivity index (χ1v) is 11.6. The van der Waals surface area contributed by atoms with Crippen LogP contribution < -0.4 is 0 Å². The van der Waals surface area contributed by atoms with Crippen LogP contribution in [0.4, 0.5) is 0 Å². The van der Waals surface area contributed by atoms with Crippen molar-refractivity contribution in [2.24, 2.45) is 17.8 Å². The minimum Gasteiger partial charge on any atom is -0.0625 e. The average Bonchev–Trinajstić information content (AvgIpc) is 2.67. The van der Waals surface area contributed by atoms with E-state index >= 15 is 0 Å². The van der Waals surface area contributed by atoms with Gasteiger partial charge in [-0.05, 0) is 88.8 Å². The summed E-state index contributed by atoms with van der Waals surface area (Å²) in [6, 6.07) is 22.7. The summed E-state index contributed by atoms with van der Waals surface area (Å²) in [6.45, 7) is 4.94. The van der Waals surface area contributed by atoms with Crippen molar-refractivity contribution in [3.63, 3.8) is 0 Å². The van der Waals surface area contributed by atoms with Gasteiger partial charge in [-0.2, -0.15) is 0 Å². The molecule has 0 amide bonds. The van der Waals surface area contributed by atoms with Crippen LogP contribution in [0.2, 0.25) is 0 Å². The second-order valence-electron chi connectivity index (χ2n) is 9.66. The molecule has 5 rings (SSSR count). The quantitative estimate of drug-likeness (QED) is 0.381. The Labute approximate surface area is 177 Å². The molecule has 0 saturated heterocycles. The largest absolute Gasteiger partial charge is 0.0625 e. The lowest BCUT2D eigenvalue weighted by Crippen LogP contribution is -2.42. The van der Waals surface area contributed by atoms with Gasteiger partial charge in [0.05, 0.1) is 0 Å². The van der Waals surface area contributed by atoms with Crippen LogP contribution in [0, 0.1) is 17.8 Å². The van der Waals surface area contributed by atoms with Gasteiger partial charge in [-0.1, -0.05) is 84.4 Å². The maximum Gasteiger partial charge on any atom is 0.0254 e.